The maximum atomic E-state index is 12.4. The van der Waals surface area contributed by atoms with Crippen LogP contribution in [0.2, 0.25) is 0 Å². The van der Waals surface area contributed by atoms with E-state index in [2.05, 4.69) is 0 Å². The number of para-hydroxylation sites is 2. The van der Waals surface area contributed by atoms with E-state index in [4.69, 9.17) is 0 Å². The number of rotatable bonds is 4. The van der Waals surface area contributed by atoms with Gasteiger partial charge >= 0.3 is 0 Å². The van der Waals surface area contributed by atoms with Gasteiger partial charge in [0.25, 0.3) is 5.69 Å². The molecule has 1 heterocycles. The number of carbonyl (C=O) groups is 1. The van der Waals surface area contributed by atoms with Gasteiger partial charge in [0.05, 0.1) is 4.92 Å². The number of amides is 1. The molecule has 2 aromatic rings. The molecular weight excluding hydrogens is 330 g/mol. The van der Waals surface area contributed by atoms with Crippen molar-refractivity contribution in [2.24, 2.45) is 0 Å². The highest BCUT2D eigenvalue weighted by Gasteiger charge is 2.24. The molecule has 0 unspecified atom stereocenters. The Balaban J connectivity index is 1.61. The lowest BCUT2D eigenvalue weighted by Crippen LogP contribution is -2.48. The lowest BCUT2D eigenvalue weighted by atomic mass is 10.1. The predicted octanol–water partition coefficient (Wildman–Crippen LogP) is 3.27. The van der Waals surface area contributed by atoms with E-state index in [0.29, 0.717) is 31.9 Å². The average Bonchev–Trinajstić information content (AvgIpc) is 2.67. The van der Waals surface area contributed by atoms with Crippen LogP contribution < -0.4 is 4.90 Å². The van der Waals surface area contributed by atoms with E-state index in [1.807, 2.05) is 42.2 Å². The van der Waals surface area contributed by atoms with Crippen LogP contribution in [-0.2, 0) is 4.79 Å². The van der Waals surface area contributed by atoms with Gasteiger partial charge in [-0.25, -0.2) is 0 Å². The Bertz CT molecular complexity index is 822. The maximum Gasteiger partial charge on any atom is 0.292 e. The van der Waals surface area contributed by atoms with Crippen LogP contribution in [-0.4, -0.2) is 41.9 Å². The third-order valence-corrected chi connectivity index (χ3v) is 4.51. The monoisotopic (exact) mass is 351 g/mol. The summed E-state index contributed by atoms with van der Waals surface area (Å²) in [5.41, 5.74) is 2.88. The number of hydrogen-bond acceptors (Lipinski definition) is 4. The zero-order valence-corrected chi connectivity index (χ0v) is 14.7. The van der Waals surface area contributed by atoms with Crippen LogP contribution in [0.15, 0.2) is 54.6 Å². The molecule has 0 saturated carbocycles. The summed E-state index contributed by atoms with van der Waals surface area (Å²) < 4.78 is 0. The maximum absolute atomic E-state index is 12.4. The molecule has 1 saturated heterocycles. The number of nitro benzene ring substituents is 1. The van der Waals surface area contributed by atoms with E-state index in [-0.39, 0.29) is 16.5 Å². The minimum Gasteiger partial charge on any atom is -0.362 e. The number of nitrogens with zero attached hydrogens (tertiary/aromatic N) is 3. The lowest BCUT2D eigenvalue weighted by Gasteiger charge is -2.35. The van der Waals surface area contributed by atoms with Gasteiger partial charge in [-0.15, -0.1) is 0 Å². The summed E-state index contributed by atoms with van der Waals surface area (Å²) in [5, 5.41) is 11.2. The first kappa shape index (κ1) is 17.7. The van der Waals surface area contributed by atoms with Gasteiger partial charge in [0.2, 0.25) is 5.91 Å². The van der Waals surface area contributed by atoms with Gasteiger partial charge in [0.15, 0.2) is 0 Å². The second kappa shape index (κ2) is 7.82. The minimum absolute atomic E-state index is 0.0345. The molecule has 6 nitrogen and oxygen atoms in total. The molecule has 0 radical (unpaired) electrons. The first-order valence-electron chi connectivity index (χ1n) is 8.56. The summed E-state index contributed by atoms with van der Waals surface area (Å²) in [6.45, 7) is 4.27. The molecule has 0 bridgehead atoms. The van der Waals surface area contributed by atoms with Crippen molar-refractivity contribution in [2.45, 2.75) is 6.92 Å². The van der Waals surface area contributed by atoms with E-state index < -0.39 is 0 Å². The third-order valence-electron chi connectivity index (χ3n) is 4.51. The van der Waals surface area contributed by atoms with Crippen LogP contribution in [0.25, 0.3) is 6.08 Å². The predicted molar refractivity (Wildman–Crippen MR) is 102 cm³/mol. The summed E-state index contributed by atoms with van der Waals surface area (Å²) in [4.78, 5) is 26.9. The molecular formula is C20H21N3O3. The molecule has 1 amide bonds. The molecule has 26 heavy (non-hydrogen) atoms. The molecule has 2 aromatic carbocycles. The van der Waals surface area contributed by atoms with Gasteiger partial charge in [-0.05, 0) is 24.6 Å². The normalized spacial score (nSPS) is 14.7. The Kier molecular flexibility index (Phi) is 5.31. The number of benzene rings is 2. The molecule has 1 fully saturated rings. The van der Waals surface area contributed by atoms with Crippen LogP contribution >= 0.6 is 0 Å². The van der Waals surface area contributed by atoms with Crippen LogP contribution in [0, 0.1) is 17.0 Å². The molecule has 6 heteroatoms. The second-order valence-electron chi connectivity index (χ2n) is 6.30. The third kappa shape index (κ3) is 4.08. The van der Waals surface area contributed by atoms with E-state index in [1.165, 1.54) is 11.6 Å². The Hall–Kier alpha value is -3.15. The van der Waals surface area contributed by atoms with Crippen molar-refractivity contribution in [3.63, 3.8) is 0 Å². The van der Waals surface area contributed by atoms with Crippen molar-refractivity contribution in [1.29, 1.82) is 0 Å². The smallest absolute Gasteiger partial charge is 0.292 e. The van der Waals surface area contributed by atoms with Crippen LogP contribution in [0.1, 0.15) is 11.1 Å². The van der Waals surface area contributed by atoms with Gasteiger partial charge < -0.3 is 9.80 Å². The fourth-order valence-electron chi connectivity index (χ4n) is 3.00. The van der Waals surface area contributed by atoms with Crippen molar-refractivity contribution in [1.82, 2.24) is 4.90 Å². The number of carbonyl (C=O) groups excluding carboxylic acids is 1. The number of nitro groups is 1. The summed E-state index contributed by atoms with van der Waals surface area (Å²) in [6.07, 6.45) is 3.40. The van der Waals surface area contributed by atoms with Crippen LogP contribution in [0.5, 0.6) is 0 Å². The fourth-order valence-corrected chi connectivity index (χ4v) is 3.00. The largest absolute Gasteiger partial charge is 0.362 e. The lowest BCUT2D eigenvalue weighted by molar-refractivity contribution is -0.384. The van der Waals surface area contributed by atoms with Crippen molar-refractivity contribution in [2.75, 3.05) is 31.1 Å². The van der Waals surface area contributed by atoms with Gasteiger partial charge in [0.1, 0.15) is 5.69 Å². The Morgan fingerprint density at radius 2 is 1.69 bits per heavy atom. The highest BCUT2D eigenvalue weighted by Crippen LogP contribution is 2.28. The van der Waals surface area contributed by atoms with E-state index in [0.717, 1.165) is 5.56 Å². The number of piperazine rings is 1. The minimum atomic E-state index is -0.364. The molecule has 3 rings (SSSR count). The summed E-state index contributed by atoms with van der Waals surface area (Å²) in [7, 11) is 0. The number of aryl methyl sites for hydroxylation is 1. The Labute approximate surface area is 152 Å². The van der Waals surface area contributed by atoms with Gasteiger partial charge in [-0.2, -0.15) is 0 Å². The highest BCUT2D eigenvalue weighted by atomic mass is 16.6. The SMILES string of the molecule is Cc1ccc(/C=C/C(=O)N2CCN(c3ccccc3[N+](=O)[O-])CC2)cc1. The van der Waals surface area contributed by atoms with Gasteiger partial charge in [0, 0.05) is 38.3 Å². The fraction of sp³-hybridized carbons (Fsp3) is 0.250. The summed E-state index contributed by atoms with van der Waals surface area (Å²) in [5.74, 6) is -0.0345. The first-order valence-corrected chi connectivity index (χ1v) is 8.56. The van der Waals surface area contributed by atoms with Gasteiger partial charge in [-0.1, -0.05) is 42.0 Å². The molecule has 1 aliphatic heterocycles. The van der Waals surface area contributed by atoms with Gasteiger partial charge in [-0.3, -0.25) is 14.9 Å². The Morgan fingerprint density at radius 3 is 2.35 bits per heavy atom. The van der Waals surface area contributed by atoms with Crippen LogP contribution in [0.3, 0.4) is 0 Å². The summed E-state index contributed by atoms with van der Waals surface area (Å²) >= 11 is 0. The molecule has 0 aromatic heterocycles. The van der Waals surface area contributed by atoms with Crippen molar-refractivity contribution in [3.8, 4) is 0 Å². The van der Waals surface area contributed by atoms with E-state index in [1.54, 1.807) is 29.2 Å². The van der Waals surface area contributed by atoms with E-state index >= 15 is 0 Å². The zero-order chi connectivity index (χ0) is 18.5. The molecule has 134 valence electrons. The molecule has 0 aliphatic carbocycles. The number of hydrogen-bond donors (Lipinski definition) is 0. The molecule has 1 aliphatic rings. The van der Waals surface area contributed by atoms with Crippen molar-refractivity contribution >= 4 is 23.4 Å². The number of anilines is 1. The van der Waals surface area contributed by atoms with Crippen molar-refractivity contribution in [3.05, 3.63) is 75.8 Å². The zero-order valence-electron chi connectivity index (χ0n) is 14.7. The average molecular weight is 351 g/mol. The first-order chi connectivity index (χ1) is 12.5. The highest BCUT2D eigenvalue weighted by molar-refractivity contribution is 5.92. The quantitative estimate of drug-likeness (QED) is 0.482. The second-order valence-corrected chi connectivity index (χ2v) is 6.30. The standard InChI is InChI=1S/C20H21N3O3/c1-16-6-8-17(9-7-16)10-11-20(24)22-14-12-21(13-15-22)18-4-2-3-5-19(18)23(25)26/h2-11H,12-15H2,1H3/b11-10+. The van der Waals surface area contributed by atoms with Crippen LogP contribution in [0.4, 0.5) is 11.4 Å². The topological polar surface area (TPSA) is 66.7 Å². The molecule has 0 atom stereocenters. The van der Waals surface area contributed by atoms with E-state index in [9.17, 15) is 14.9 Å². The Morgan fingerprint density at radius 1 is 1.04 bits per heavy atom. The summed E-state index contributed by atoms with van der Waals surface area (Å²) in [6, 6.07) is 14.7. The van der Waals surface area contributed by atoms with Crippen molar-refractivity contribution < 1.29 is 9.72 Å². The molecule has 0 N–H and O–H groups in total. The molecule has 0 spiro atoms.